The van der Waals surface area contributed by atoms with Gasteiger partial charge in [-0.15, -0.1) is 0 Å². The Morgan fingerprint density at radius 1 is 1.08 bits per heavy atom. The maximum atomic E-state index is 13.1. The van der Waals surface area contributed by atoms with Crippen molar-refractivity contribution in [3.8, 4) is 22.6 Å². The van der Waals surface area contributed by atoms with E-state index < -0.39 is 27.9 Å². The minimum absolute atomic E-state index is 0.000270. The Balaban J connectivity index is 1.27. The highest BCUT2D eigenvalue weighted by atomic mass is 32.2. The number of anilines is 3. The Morgan fingerprint density at radius 2 is 1.92 bits per heavy atom. The zero-order chi connectivity index (χ0) is 27.1. The largest absolute Gasteiger partial charge is 0.393 e. The molecule has 4 aromatic heterocycles. The third-order valence-electron chi connectivity index (χ3n) is 6.69. The molecule has 2 aliphatic carbocycles. The number of hydrogen-bond donors (Lipinski definition) is 3. The second-order valence-electron chi connectivity index (χ2n) is 9.62. The molecular weight excluding hydrogens is 532 g/mol. The standard InChI is InChI=1S/C24H25F2N9O3S/c25-24(26)34-8-6-19(33-34)18-12-28-22(10-20(18)30-15-1-2-16(36)9-15)31-21-5-7-27-23(32-21)14-11-29-35(13-14)39(37,38)17-3-4-17/h5-8,10-13,15-17,24,36H,1-4,9H2,(H2,27,28,30,31,32)/t15-,16-/m1/s1. The van der Waals surface area contributed by atoms with Crippen LogP contribution in [0.3, 0.4) is 0 Å². The molecule has 2 saturated carbocycles. The summed E-state index contributed by atoms with van der Waals surface area (Å²) in [6.07, 6.45) is 9.93. The summed E-state index contributed by atoms with van der Waals surface area (Å²) in [5, 5.41) is 24.0. The number of rotatable bonds is 9. The van der Waals surface area contributed by atoms with Gasteiger partial charge in [-0.05, 0) is 44.2 Å². The lowest BCUT2D eigenvalue weighted by Gasteiger charge is -2.18. The minimum atomic E-state index is -3.51. The van der Waals surface area contributed by atoms with Crippen LogP contribution < -0.4 is 10.6 Å². The zero-order valence-electron chi connectivity index (χ0n) is 20.5. The lowest BCUT2D eigenvalue weighted by atomic mass is 10.1. The van der Waals surface area contributed by atoms with E-state index in [1.54, 1.807) is 12.1 Å². The van der Waals surface area contributed by atoms with Gasteiger partial charge in [0.2, 0.25) is 0 Å². The van der Waals surface area contributed by atoms with Gasteiger partial charge in [0.15, 0.2) is 5.82 Å². The number of nitrogens with zero attached hydrogens (tertiary/aromatic N) is 7. The summed E-state index contributed by atoms with van der Waals surface area (Å²) in [6.45, 7) is -2.76. The normalized spacial score (nSPS) is 19.5. The Labute approximate surface area is 222 Å². The summed E-state index contributed by atoms with van der Waals surface area (Å²) in [6, 6.07) is 4.85. The molecule has 0 unspecified atom stereocenters. The number of aliphatic hydroxyl groups is 1. The summed E-state index contributed by atoms with van der Waals surface area (Å²) >= 11 is 0. The smallest absolute Gasteiger partial charge is 0.333 e. The van der Waals surface area contributed by atoms with Crippen molar-refractivity contribution in [2.75, 3.05) is 10.6 Å². The molecule has 0 amide bonds. The zero-order valence-corrected chi connectivity index (χ0v) is 21.3. The van der Waals surface area contributed by atoms with E-state index in [2.05, 4.69) is 35.8 Å². The molecule has 6 rings (SSSR count). The van der Waals surface area contributed by atoms with Crippen LogP contribution in [0.1, 0.15) is 38.7 Å². The predicted molar refractivity (Wildman–Crippen MR) is 138 cm³/mol. The number of aliphatic hydroxyl groups excluding tert-OH is 1. The van der Waals surface area contributed by atoms with E-state index in [1.165, 1.54) is 37.1 Å². The van der Waals surface area contributed by atoms with E-state index in [0.717, 1.165) is 10.5 Å². The van der Waals surface area contributed by atoms with Crippen LogP contribution in [0.25, 0.3) is 22.6 Å². The van der Waals surface area contributed by atoms with Crippen molar-refractivity contribution in [1.29, 1.82) is 0 Å². The fraction of sp³-hybridized carbons (Fsp3) is 0.375. The molecule has 0 saturated heterocycles. The van der Waals surface area contributed by atoms with Crippen LogP contribution in [-0.2, 0) is 10.0 Å². The molecule has 12 nitrogen and oxygen atoms in total. The molecular formula is C24H25F2N9O3S. The molecule has 0 bridgehead atoms. The molecule has 2 fully saturated rings. The maximum absolute atomic E-state index is 13.1. The lowest BCUT2D eigenvalue weighted by Crippen LogP contribution is -2.17. The van der Waals surface area contributed by atoms with Crippen molar-refractivity contribution in [2.24, 2.45) is 0 Å². The lowest BCUT2D eigenvalue weighted by molar-refractivity contribution is 0.0568. The number of nitrogens with one attached hydrogen (secondary N) is 2. The van der Waals surface area contributed by atoms with Crippen molar-refractivity contribution < 1.29 is 22.3 Å². The summed E-state index contributed by atoms with van der Waals surface area (Å²) < 4.78 is 52.7. The molecule has 0 aliphatic heterocycles. The molecule has 2 atom stereocenters. The highest BCUT2D eigenvalue weighted by Gasteiger charge is 2.37. The van der Waals surface area contributed by atoms with Crippen molar-refractivity contribution >= 4 is 27.3 Å². The molecule has 39 heavy (non-hydrogen) atoms. The summed E-state index contributed by atoms with van der Waals surface area (Å²) in [5.74, 6) is 1.11. The minimum Gasteiger partial charge on any atom is -0.393 e. The molecule has 0 aromatic carbocycles. The third kappa shape index (κ3) is 5.31. The topological polar surface area (TPSA) is 153 Å². The Bertz CT molecular complexity index is 1600. The van der Waals surface area contributed by atoms with E-state index in [4.69, 9.17) is 0 Å². The molecule has 15 heteroatoms. The number of pyridine rings is 1. The summed E-state index contributed by atoms with van der Waals surface area (Å²) in [4.78, 5) is 13.1. The van der Waals surface area contributed by atoms with Gasteiger partial charge >= 0.3 is 6.55 Å². The average molecular weight is 558 g/mol. The first-order chi connectivity index (χ1) is 18.8. The third-order valence-corrected chi connectivity index (χ3v) is 8.72. The van der Waals surface area contributed by atoms with E-state index >= 15 is 0 Å². The Morgan fingerprint density at radius 3 is 2.64 bits per heavy atom. The van der Waals surface area contributed by atoms with Crippen LogP contribution >= 0.6 is 0 Å². The first-order valence-corrected chi connectivity index (χ1v) is 13.9. The number of halogens is 2. The van der Waals surface area contributed by atoms with E-state index in [0.29, 0.717) is 64.5 Å². The molecule has 0 radical (unpaired) electrons. The molecule has 0 spiro atoms. The van der Waals surface area contributed by atoms with Crippen LogP contribution in [0.5, 0.6) is 0 Å². The quantitative estimate of drug-likeness (QED) is 0.279. The number of hydrogen-bond acceptors (Lipinski definition) is 10. The fourth-order valence-corrected chi connectivity index (χ4v) is 6.00. The van der Waals surface area contributed by atoms with Gasteiger partial charge in [0.1, 0.15) is 11.6 Å². The van der Waals surface area contributed by atoms with Crippen molar-refractivity contribution in [3.63, 3.8) is 0 Å². The maximum Gasteiger partial charge on any atom is 0.333 e. The first-order valence-electron chi connectivity index (χ1n) is 12.4. The van der Waals surface area contributed by atoms with Gasteiger partial charge in [0.05, 0.1) is 35.0 Å². The van der Waals surface area contributed by atoms with Crippen molar-refractivity contribution in [3.05, 3.63) is 49.2 Å². The van der Waals surface area contributed by atoms with Crippen LogP contribution in [-0.4, -0.2) is 64.8 Å². The van der Waals surface area contributed by atoms with E-state index in [-0.39, 0.29) is 11.9 Å². The Hall–Kier alpha value is -3.98. The SMILES string of the molecule is O=S(=O)(C1CC1)n1cc(-c2nccc(Nc3cc(N[C@@H]4CC[C@@H](O)C4)c(-c4ccn(C(F)F)n4)cn3)n2)cn1. The number of alkyl halides is 2. The van der Waals surface area contributed by atoms with Gasteiger partial charge in [-0.1, -0.05) is 0 Å². The molecule has 4 aromatic rings. The van der Waals surface area contributed by atoms with Gasteiger partial charge in [-0.3, -0.25) is 0 Å². The van der Waals surface area contributed by atoms with Crippen LogP contribution in [0, 0.1) is 0 Å². The average Bonchev–Trinajstić information content (AvgIpc) is 3.27. The number of aromatic nitrogens is 7. The van der Waals surface area contributed by atoms with Crippen molar-refractivity contribution in [1.82, 2.24) is 33.9 Å². The van der Waals surface area contributed by atoms with E-state index in [1.807, 2.05) is 0 Å². The summed E-state index contributed by atoms with van der Waals surface area (Å²) in [7, 11) is -3.51. The van der Waals surface area contributed by atoms with Gasteiger partial charge < -0.3 is 15.7 Å². The van der Waals surface area contributed by atoms with E-state index in [9.17, 15) is 22.3 Å². The van der Waals surface area contributed by atoms with Crippen LogP contribution in [0.15, 0.2) is 49.2 Å². The highest BCUT2D eigenvalue weighted by molar-refractivity contribution is 7.90. The van der Waals surface area contributed by atoms with Gasteiger partial charge in [0, 0.05) is 41.9 Å². The first kappa shape index (κ1) is 25.3. The molecule has 2 aliphatic rings. The monoisotopic (exact) mass is 557 g/mol. The Kier molecular flexibility index (Phi) is 6.46. The molecule has 4 heterocycles. The second kappa shape index (κ2) is 9.96. The van der Waals surface area contributed by atoms with Gasteiger partial charge in [-0.2, -0.15) is 23.1 Å². The second-order valence-corrected chi connectivity index (χ2v) is 11.7. The molecule has 3 N–H and O–H groups in total. The van der Waals surface area contributed by atoms with Crippen LogP contribution in [0.2, 0.25) is 0 Å². The van der Waals surface area contributed by atoms with Crippen LogP contribution in [0.4, 0.5) is 26.1 Å². The summed E-state index contributed by atoms with van der Waals surface area (Å²) in [5.41, 5.74) is 1.93. The fourth-order valence-electron chi connectivity index (χ4n) is 4.52. The highest BCUT2D eigenvalue weighted by Crippen LogP contribution is 2.33. The predicted octanol–water partition coefficient (Wildman–Crippen LogP) is 3.40. The van der Waals surface area contributed by atoms with Crippen molar-refractivity contribution in [2.45, 2.75) is 56.0 Å². The molecule has 204 valence electrons. The van der Waals surface area contributed by atoms with Gasteiger partial charge in [-0.25, -0.2) is 28.1 Å². The van der Waals surface area contributed by atoms with Gasteiger partial charge in [0.25, 0.3) is 10.0 Å².